The summed E-state index contributed by atoms with van der Waals surface area (Å²) in [6.45, 7) is 0.199. The smallest absolute Gasteiger partial charge is 0.251 e. The van der Waals surface area contributed by atoms with Crippen molar-refractivity contribution in [2.75, 3.05) is 6.54 Å². The normalized spacial score (nSPS) is 12.2. The van der Waals surface area contributed by atoms with Gasteiger partial charge in [0, 0.05) is 17.7 Å². The predicted octanol–water partition coefficient (Wildman–Crippen LogP) is 2.41. The van der Waals surface area contributed by atoms with Crippen LogP contribution in [0.4, 0.5) is 8.78 Å². The number of carbonyl (C=O) groups is 1. The van der Waals surface area contributed by atoms with Crippen LogP contribution in [0.2, 0.25) is 0 Å². The fraction of sp³-hybridized carbons (Fsp3) is 0.214. The van der Waals surface area contributed by atoms with Gasteiger partial charge in [-0.3, -0.25) is 4.79 Å². The van der Waals surface area contributed by atoms with E-state index in [1.807, 2.05) is 0 Å². The molecule has 1 aromatic carbocycles. The van der Waals surface area contributed by atoms with Gasteiger partial charge in [-0.05, 0) is 30.7 Å². The molecule has 0 saturated heterocycles. The van der Waals surface area contributed by atoms with E-state index >= 15 is 0 Å². The lowest BCUT2D eigenvalue weighted by Crippen LogP contribution is -2.25. The van der Waals surface area contributed by atoms with Gasteiger partial charge in [-0.15, -0.1) is 0 Å². The van der Waals surface area contributed by atoms with E-state index in [-0.39, 0.29) is 18.5 Å². The summed E-state index contributed by atoms with van der Waals surface area (Å²) in [7, 11) is 0. The Labute approximate surface area is 114 Å². The van der Waals surface area contributed by atoms with E-state index in [9.17, 15) is 18.7 Å². The molecule has 1 aromatic heterocycles. The first kappa shape index (κ1) is 14.2. The minimum Gasteiger partial charge on any atom is -0.472 e. The van der Waals surface area contributed by atoms with Crippen molar-refractivity contribution < 1.29 is 23.1 Å². The van der Waals surface area contributed by atoms with Gasteiger partial charge in [0.25, 0.3) is 5.91 Å². The summed E-state index contributed by atoms with van der Waals surface area (Å²) in [6, 6.07) is 4.55. The fourth-order valence-corrected chi connectivity index (χ4v) is 1.69. The highest BCUT2D eigenvalue weighted by molar-refractivity contribution is 5.94. The number of aliphatic hydroxyl groups excluding tert-OH is 1. The quantitative estimate of drug-likeness (QED) is 0.884. The molecule has 0 unspecified atom stereocenters. The van der Waals surface area contributed by atoms with E-state index in [0.29, 0.717) is 5.56 Å². The average molecular weight is 281 g/mol. The molecule has 6 heteroatoms. The molecule has 0 fully saturated rings. The second-order valence-corrected chi connectivity index (χ2v) is 4.25. The second kappa shape index (κ2) is 6.29. The minimum absolute atomic E-state index is 0.0294. The van der Waals surface area contributed by atoms with Gasteiger partial charge in [-0.2, -0.15) is 0 Å². The van der Waals surface area contributed by atoms with Gasteiger partial charge >= 0.3 is 0 Å². The van der Waals surface area contributed by atoms with E-state index in [0.717, 1.165) is 12.1 Å². The highest BCUT2D eigenvalue weighted by Crippen LogP contribution is 2.16. The lowest BCUT2D eigenvalue weighted by Gasteiger charge is -2.09. The molecule has 0 spiro atoms. The van der Waals surface area contributed by atoms with E-state index in [1.165, 1.54) is 18.6 Å². The van der Waals surface area contributed by atoms with Gasteiger partial charge < -0.3 is 14.8 Å². The summed E-state index contributed by atoms with van der Waals surface area (Å²) in [5, 5.41) is 12.3. The topological polar surface area (TPSA) is 62.5 Å². The zero-order chi connectivity index (χ0) is 14.5. The Balaban J connectivity index is 1.84. The zero-order valence-electron chi connectivity index (χ0n) is 10.5. The molecule has 1 amide bonds. The predicted molar refractivity (Wildman–Crippen MR) is 67.0 cm³/mol. The number of hydrogen-bond donors (Lipinski definition) is 2. The summed E-state index contributed by atoms with van der Waals surface area (Å²) in [6.07, 6.45) is 2.40. The molecule has 0 aliphatic heterocycles. The van der Waals surface area contributed by atoms with Crippen LogP contribution >= 0.6 is 0 Å². The molecule has 20 heavy (non-hydrogen) atoms. The number of halogens is 2. The summed E-state index contributed by atoms with van der Waals surface area (Å²) >= 11 is 0. The monoisotopic (exact) mass is 281 g/mol. The third kappa shape index (κ3) is 3.42. The number of amides is 1. The van der Waals surface area contributed by atoms with Crippen LogP contribution in [0.15, 0.2) is 41.2 Å². The molecule has 0 aliphatic rings. The SMILES string of the molecule is O=C(NCC[C@H](O)c1ccoc1)c1ccc(F)c(F)c1. The van der Waals surface area contributed by atoms with Crippen LogP contribution in [0.1, 0.15) is 28.4 Å². The Morgan fingerprint density at radius 3 is 2.75 bits per heavy atom. The van der Waals surface area contributed by atoms with Crippen LogP contribution in [-0.2, 0) is 0 Å². The summed E-state index contributed by atoms with van der Waals surface area (Å²) in [5.74, 6) is -2.60. The molecular formula is C14H13F2NO3. The Bertz CT molecular complexity index is 584. The number of furan rings is 1. The van der Waals surface area contributed by atoms with Crippen molar-refractivity contribution in [2.45, 2.75) is 12.5 Å². The van der Waals surface area contributed by atoms with Gasteiger partial charge in [-0.25, -0.2) is 8.78 Å². The van der Waals surface area contributed by atoms with Crippen molar-refractivity contribution in [3.8, 4) is 0 Å². The van der Waals surface area contributed by atoms with Gasteiger partial charge in [0.15, 0.2) is 11.6 Å². The van der Waals surface area contributed by atoms with Crippen molar-refractivity contribution >= 4 is 5.91 Å². The molecule has 0 bridgehead atoms. The summed E-state index contributed by atoms with van der Waals surface area (Å²) in [4.78, 5) is 11.7. The molecule has 1 heterocycles. The molecule has 106 valence electrons. The van der Waals surface area contributed by atoms with Crippen molar-refractivity contribution in [2.24, 2.45) is 0 Å². The fourth-order valence-electron chi connectivity index (χ4n) is 1.69. The first-order valence-electron chi connectivity index (χ1n) is 6.01. The highest BCUT2D eigenvalue weighted by Gasteiger charge is 2.12. The second-order valence-electron chi connectivity index (χ2n) is 4.25. The summed E-state index contributed by atoms with van der Waals surface area (Å²) < 4.78 is 30.5. The van der Waals surface area contributed by atoms with E-state index in [4.69, 9.17) is 4.42 Å². The third-order valence-electron chi connectivity index (χ3n) is 2.81. The molecular weight excluding hydrogens is 268 g/mol. The largest absolute Gasteiger partial charge is 0.472 e. The number of nitrogens with one attached hydrogen (secondary N) is 1. The number of rotatable bonds is 5. The van der Waals surface area contributed by atoms with Gasteiger partial charge in [0.05, 0.1) is 18.6 Å². The Morgan fingerprint density at radius 2 is 2.10 bits per heavy atom. The first-order valence-corrected chi connectivity index (χ1v) is 6.01. The number of benzene rings is 1. The molecule has 0 radical (unpaired) electrons. The molecule has 4 nitrogen and oxygen atoms in total. The van der Waals surface area contributed by atoms with Crippen LogP contribution in [0.3, 0.4) is 0 Å². The first-order chi connectivity index (χ1) is 9.58. The third-order valence-corrected chi connectivity index (χ3v) is 2.81. The van der Waals surface area contributed by atoms with Crippen molar-refractivity contribution in [3.05, 3.63) is 59.6 Å². The van der Waals surface area contributed by atoms with E-state index in [1.54, 1.807) is 6.07 Å². The van der Waals surface area contributed by atoms with E-state index in [2.05, 4.69) is 5.32 Å². The average Bonchev–Trinajstić information content (AvgIpc) is 2.95. The maximum atomic E-state index is 13.0. The Kier molecular flexibility index (Phi) is 4.47. The van der Waals surface area contributed by atoms with Crippen molar-refractivity contribution in [1.29, 1.82) is 0 Å². The number of carbonyl (C=O) groups excluding carboxylic acids is 1. The number of aliphatic hydroxyl groups is 1. The molecule has 0 saturated carbocycles. The van der Waals surface area contributed by atoms with Crippen LogP contribution in [-0.4, -0.2) is 17.6 Å². The maximum Gasteiger partial charge on any atom is 0.251 e. The molecule has 2 aromatic rings. The Hall–Kier alpha value is -2.21. The molecule has 1 atom stereocenters. The van der Waals surface area contributed by atoms with Crippen LogP contribution in [0.25, 0.3) is 0 Å². The van der Waals surface area contributed by atoms with Crippen LogP contribution < -0.4 is 5.32 Å². The molecule has 2 N–H and O–H groups in total. The van der Waals surface area contributed by atoms with Crippen molar-refractivity contribution in [3.63, 3.8) is 0 Å². The van der Waals surface area contributed by atoms with Gasteiger partial charge in [0.2, 0.25) is 0 Å². The highest BCUT2D eigenvalue weighted by atomic mass is 19.2. The minimum atomic E-state index is -1.07. The maximum absolute atomic E-state index is 13.0. The standard InChI is InChI=1S/C14H13F2NO3/c15-11-2-1-9(7-12(11)16)14(19)17-5-3-13(18)10-4-6-20-8-10/h1-2,4,6-8,13,18H,3,5H2,(H,17,19)/t13-/m0/s1. The van der Waals surface area contributed by atoms with Gasteiger partial charge in [-0.1, -0.05) is 0 Å². The van der Waals surface area contributed by atoms with Crippen molar-refractivity contribution in [1.82, 2.24) is 5.32 Å². The van der Waals surface area contributed by atoms with Crippen LogP contribution in [0.5, 0.6) is 0 Å². The van der Waals surface area contributed by atoms with Gasteiger partial charge in [0.1, 0.15) is 0 Å². The number of hydrogen-bond acceptors (Lipinski definition) is 3. The zero-order valence-corrected chi connectivity index (χ0v) is 10.5. The van der Waals surface area contributed by atoms with E-state index < -0.39 is 23.6 Å². The van der Waals surface area contributed by atoms with Crippen LogP contribution in [0, 0.1) is 11.6 Å². The lowest BCUT2D eigenvalue weighted by molar-refractivity contribution is 0.0942. The summed E-state index contributed by atoms with van der Waals surface area (Å²) in [5.41, 5.74) is 0.647. The Morgan fingerprint density at radius 1 is 1.30 bits per heavy atom. The molecule has 0 aliphatic carbocycles. The lowest BCUT2D eigenvalue weighted by atomic mass is 10.1. The molecule has 2 rings (SSSR count).